The number of halogens is 1. The Labute approximate surface area is 129 Å². The van der Waals surface area contributed by atoms with Gasteiger partial charge in [-0.25, -0.2) is 4.52 Å². The van der Waals surface area contributed by atoms with Crippen LogP contribution in [0.4, 0.5) is 5.95 Å². The van der Waals surface area contributed by atoms with Crippen molar-refractivity contribution in [2.75, 3.05) is 5.32 Å². The van der Waals surface area contributed by atoms with Crippen molar-refractivity contribution in [2.45, 2.75) is 20.4 Å². The molecule has 8 heteroatoms. The molecule has 0 atom stereocenters. The zero-order valence-electron chi connectivity index (χ0n) is 11.5. The van der Waals surface area contributed by atoms with Gasteiger partial charge in [0.1, 0.15) is 5.69 Å². The predicted octanol–water partition coefficient (Wildman–Crippen LogP) is 2.27. The largest absolute Gasteiger partial charge is 0.288 e. The molecule has 0 bridgehead atoms. The Morgan fingerprint density at radius 3 is 2.95 bits per heavy atom. The predicted molar refractivity (Wildman–Crippen MR) is 81.3 cm³/mol. The molecule has 21 heavy (non-hydrogen) atoms. The molecule has 0 saturated heterocycles. The molecular formula is C13H13BrN6O. The van der Waals surface area contributed by atoms with Crippen LogP contribution in [0.25, 0.3) is 5.65 Å². The van der Waals surface area contributed by atoms with Crippen LogP contribution in [-0.4, -0.2) is 30.3 Å². The number of nitrogens with one attached hydrogen (secondary N) is 1. The van der Waals surface area contributed by atoms with E-state index in [1.165, 1.54) is 0 Å². The summed E-state index contributed by atoms with van der Waals surface area (Å²) in [7, 11) is 0. The molecule has 0 aromatic carbocycles. The van der Waals surface area contributed by atoms with Gasteiger partial charge in [0.05, 0.1) is 5.69 Å². The van der Waals surface area contributed by atoms with Crippen molar-refractivity contribution < 1.29 is 4.79 Å². The van der Waals surface area contributed by atoms with Gasteiger partial charge in [-0.3, -0.25) is 14.8 Å². The lowest BCUT2D eigenvalue weighted by molar-refractivity contribution is 0.101. The molecule has 3 heterocycles. The highest BCUT2D eigenvalue weighted by atomic mass is 79.9. The second kappa shape index (κ2) is 5.28. The number of aromatic nitrogens is 5. The molecule has 0 fully saturated rings. The van der Waals surface area contributed by atoms with Crippen molar-refractivity contribution in [1.82, 2.24) is 24.4 Å². The van der Waals surface area contributed by atoms with Crippen molar-refractivity contribution in [2.24, 2.45) is 0 Å². The molecule has 0 saturated carbocycles. The summed E-state index contributed by atoms with van der Waals surface area (Å²) >= 11 is 3.36. The number of aryl methyl sites for hydroxylation is 2. The van der Waals surface area contributed by atoms with Crippen LogP contribution < -0.4 is 5.32 Å². The highest BCUT2D eigenvalue weighted by Gasteiger charge is 2.15. The topological polar surface area (TPSA) is 77.1 Å². The van der Waals surface area contributed by atoms with Crippen LogP contribution in [0.3, 0.4) is 0 Å². The fourth-order valence-corrected chi connectivity index (χ4v) is 2.37. The van der Waals surface area contributed by atoms with Crippen LogP contribution in [-0.2, 0) is 6.54 Å². The number of carbonyl (C=O) groups is 1. The smallest absolute Gasteiger partial charge is 0.276 e. The molecule has 0 aliphatic heterocycles. The Morgan fingerprint density at radius 2 is 2.19 bits per heavy atom. The van der Waals surface area contributed by atoms with Gasteiger partial charge >= 0.3 is 0 Å². The molecule has 3 aromatic rings. The van der Waals surface area contributed by atoms with Gasteiger partial charge in [-0.05, 0) is 48.0 Å². The standard InChI is InChI=1S/C13H13BrN6O/c1-3-19-10(6-8(2)17-19)12(21)16-13-15-11-5-4-9(14)7-20(11)18-13/h4-7H,3H2,1-2H3,(H,16,18,21). The molecule has 3 rings (SSSR count). The van der Waals surface area contributed by atoms with Crippen molar-refractivity contribution in [3.8, 4) is 0 Å². The Kier molecular flexibility index (Phi) is 3.46. The van der Waals surface area contributed by atoms with E-state index in [0.717, 1.165) is 10.2 Å². The van der Waals surface area contributed by atoms with E-state index >= 15 is 0 Å². The average molecular weight is 349 g/mol. The minimum atomic E-state index is -0.271. The van der Waals surface area contributed by atoms with E-state index in [2.05, 4.69) is 36.4 Å². The maximum Gasteiger partial charge on any atom is 0.276 e. The van der Waals surface area contributed by atoms with E-state index < -0.39 is 0 Å². The van der Waals surface area contributed by atoms with Gasteiger partial charge in [0.2, 0.25) is 5.95 Å². The van der Waals surface area contributed by atoms with Crippen LogP contribution >= 0.6 is 15.9 Å². The minimum Gasteiger partial charge on any atom is -0.288 e. The van der Waals surface area contributed by atoms with Crippen LogP contribution in [0.15, 0.2) is 28.9 Å². The molecule has 3 aromatic heterocycles. The molecule has 7 nitrogen and oxygen atoms in total. The molecule has 0 spiro atoms. The summed E-state index contributed by atoms with van der Waals surface area (Å²) in [4.78, 5) is 16.5. The normalized spacial score (nSPS) is 11.0. The van der Waals surface area contributed by atoms with Crippen molar-refractivity contribution >= 4 is 33.4 Å². The first kappa shape index (κ1) is 13.7. The van der Waals surface area contributed by atoms with Gasteiger partial charge in [0, 0.05) is 17.2 Å². The quantitative estimate of drug-likeness (QED) is 0.787. The third-order valence-electron chi connectivity index (χ3n) is 2.95. The maximum absolute atomic E-state index is 12.3. The SMILES string of the molecule is CCn1nc(C)cc1C(=O)Nc1nc2ccc(Br)cn2n1. The van der Waals surface area contributed by atoms with Crippen LogP contribution in [0, 0.1) is 6.92 Å². The van der Waals surface area contributed by atoms with Crippen molar-refractivity contribution in [3.05, 3.63) is 40.3 Å². The molecular weight excluding hydrogens is 336 g/mol. The fraction of sp³-hybridized carbons (Fsp3) is 0.231. The summed E-state index contributed by atoms with van der Waals surface area (Å²) in [6.45, 7) is 4.41. The number of hydrogen-bond acceptors (Lipinski definition) is 4. The number of amides is 1. The molecule has 0 unspecified atom stereocenters. The maximum atomic E-state index is 12.3. The minimum absolute atomic E-state index is 0.264. The van der Waals surface area contributed by atoms with Crippen LogP contribution in [0.5, 0.6) is 0 Å². The summed E-state index contributed by atoms with van der Waals surface area (Å²) in [5, 5.41) is 11.2. The van der Waals surface area contributed by atoms with E-state index in [9.17, 15) is 4.79 Å². The van der Waals surface area contributed by atoms with E-state index in [-0.39, 0.29) is 11.9 Å². The molecule has 1 amide bonds. The zero-order valence-corrected chi connectivity index (χ0v) is 13.1. The second-order valence-electron chi connectivity index (χ2n) is 4.53. The van der Waals surface area contributed by atoms with Gasteiger partial charge in [-0.2, -0.15) is 10.1 Å². The number of anilines is 1. The highest BCUT2D eigenvalue weighted by molar-refractivity contribution is 9.10. The van der Waals surface area contributed by atoms with E-state index in [4.69, 9.17) is 0 Å². The van der Waals surface area contributed by atoms with Gasteiger partial charge < -0.3 is 0 Å². The van der Waals surface area contributed by atoms with Gasteiger partial charge in [0.25, 0.3) is 5.91 Å². The number of nitrogens with zero attached hydrogens (tertiary/aromatic N) is 5. The lowest BCUT2D eigenvalue weighted by Gasteiger charge is -2.02. The van der Waals surface area contributed by atoms with Gasteiger partial charge in [-0.15, -0.1) is 5.10 Å². The monoisotopic (exact) mass is 348 g/mol. The lowest BCUT2D eigenvalue weighted by atomic mass is 10.3. The molecule has 108 valence electrons. The summed E-state index contributed by atoms with van der Waals surface area (Å²) in [5.41, 5.74) is 1.96. The van der Waals surface area contributed by atoms with E-state index in [1.54, 1.807) is 21.5 Å². The molecule has 0 aliphatic rings. The number of pyridine rings is 1. The van der Waals surface area contributed by atoms with Gasteiger partial charge in [-0.1, -0.05) is 0 Å². The van der Waals surface area contributed by atoms with Crippen molar-refractivity contribution in [1.29, 1.82) is 0 Å². The number of fused-ring (bicyclic) bond motifs is 1. The Morgan fingerprint density at radius 1 is 1.38 bits per heavy atom. The zero-order chi connectivity index (χ0) is 15.0. The van der Waals surface area contributed by atoms with E-state index in [0.29, 0.717) is 17.9 Å². The van der Waals surface area contributed by atoms with E-state index in [1.807, 2.05) is 26.0 Å². The number of carbonyl (C=O) groups excluding carboxylic acids is 1. The summed E-state index contributed by atoms with van der Waals surface area (Å²) in [6.07, 6.45) is 1.78. The molecule has 1 N–H and O–H groups in total. The fourth-order valence-electron chi connectivity index (χ4n) is 2.05. The Hall–Kier alpha value is -2.22. The molecule has 0 aliphatic carbocycles. The third-order valence-corrected chi connectivity index (χ3v) is 3.42. The van der Waals surface area contributed by atoms with Crippen LogP contribution in [0.2, 0.25) is 0 Å². The Balaban J connectivity index is 1.88. The van der Waals surface area contributed by atoms with Crippen LogP contribution in [0.1, 0.15) is 23.1 Å². The lowest BCUT2D eigenvalue weighted by Crippen LogP contribution is -2.18. The first-order valence-electron chi connectivity index (χ1n) is 6.44. The van der Waals surface area contributed by atoms with Gasteiger partial charge in [0.15, 0.2) is 5.65 Å². The summed E-state index contributed by atoms with van der Waals surface area (Å²) < 4.78 is 4.14. The summed E-state index contributed by atoms with van der Waals surface area (Å²) in [6, 6.07) is 5.42. The summed E-state index contributed by atoms with van der Waals surface area (Å²) in [5.74, 6) is -0.00738. The Bertz CT molecular complexity index is 821. The number of hydrogen-bond donors (Lipinski definition) is 1. The van der Waals surface area contributed by atoms with Crippen molar-refractivity contribution in [3.63, 3.8) is 0 Å². The second-order valence-corrected chi connectivity index (χ2v) is 5.44. The average Bonchev–Trinajstić information content (AvgIpc) is 3.00. The first-order valence-corrected chi connectivity index (χ1v) is 7.24. The molecule has 0 radical (unpaired) electrons. The first-order chi connectivity index (χ1) is 10.1. The third kappa shape index (κ3) is 2.66. The highest BCUT2D eigenvalue weighted by Crippen LogP contribution is 2.13. The number of rotatable bonds is 3.